The number of piperazine rings is 1. The van der Waals surface area contributed by atoms with Crippen LogP contribution >= 0.6 is 15.9 Å². The number of hydrogen-bond donors (Lipinski definition) is 0. The largest absolute Gasteiger partial charge is 0.421 e. The summed E-state index contributed by atoms with van der Waals surface area (Å²) in [4.78, 5) is 28.9. The molecule has 146 valence electrons. The number of halogens is 1. The van der Waals surface area contributed by atoms with Crippen LogP contribution in [0, 0.1) is 6.92 Å². The first-order valence-corrected chi connectivity index (χ1v) is 10.1. The number of fused-ring (bicyclic) bond motifs is 1. The van der Waals surface area contributed by atoms with Gasteiger partial charge in [0.05, 0.1) is 18.6 Å². The molecule has 2 heterocycles. The molecule has 0 aliphatic carbocycles. The van der Waals surface area contributed by atoms with E-state index in [1.165, 1.54) is 0 Å². The van der Waals surface area contributed by atoms with Crippen LogP contribution in [0.15, 0.2) is 56.1 Å². The molecule has 0 bridgehead atoms. The van der Waals surface area contributed by atoms with Crippen LogP contribution in [0.2, 0.25) is 0 Å². The third-order valence-electron chi connectivity index (χ3n) is 5.30. The summed E-state index contributed by atoms with van der Waals surface area (Å²) in [6, 6.07) is 13.6. The van der Waals surface area contributed by atoms with Crippen LogP contribution < -0.4 is 5.76 Å². The van der Waals surface area contributed by atoms with Crippen molar-refractivity contribution in [2.45, 2.75) is 20.0 Å². The lowest BCUT2D eigenvalue weighted by atomic mass is 10.1. The van der Waals surface area contributed by atoms with Crippen molar-refractivity contribution in [2.24, 2.45) is 0 Å². The molecule has 1 aliphatic rings. The molecule has 0 atom stereocenters. The molecule has 1 amide bonds. The SMILES string of the molecule is Cc1ccccc1CC(=O)N1CCN(Cn2c(=O)oc3cc(Br)ccc32)CC1. The molecule has 0 spiro atoms. The predicted molar refractivity (Wildman–Crippen MR) is 111 cm³/mol. The Labute approximate surface area is 171 Å². The van der Waals surface area contributed by atoms with Crippen molar-refractivity contribution in [3.63, 3.8) is 0 Å². The van der Waals surface area contributed by atoms with Gasteiger partial charge in [0.2, 0.25) is 5.91 Å². The Bertz CT molecular complexity index is 1060. The van der Waals surface area contributed by atoms with Gasteiger partial charge >= 0.3 is 5.76 Å². The molecule has 1 saturated heterocycles. The van der Waals surface area contributed by atoms with Gasteiger partial charge in [0.15, 0.2) is 5.58 Å². The van der Waals surface area contributed by atoms with Crippen molar-refractivity contribution in [1.29, 1.82) is 0 Å². The Morgan fingerprint density at radius 2 is 1.86 bits per heavy atom. The van der Waals surface area contributed by atoms with Crippen LogP contribution in [0.5, 0.6) is 0 Å². The number of hydrogen-bond acceptors (Lipinski definition) is 4. The normalized spacial score (nSPS) is 15.3. The summed E-state index contributed by atoms with van der Waals surface area (Å²) in [6.45, 7) is 5.30. The fraction of sp³-hybridized carbons (Fsp3) is 0.333. The molecule has 0 saturated carbocycles. The van der Waals surface area contributed by atoms with Crippen LogP contribution in [0.4, 0.5) is 0 Å². The van der Waals surface area contributed by atoms with E-state index in [0.717, 1.165) is 34.2 Å². The summed E-state index contributed by atoms with van der Waals surface area (Å²) < 4.78 is 7.87. The molecule has 4 rings (SSSR count). The zero-order valence-corrected chi connectivity index (χ0v) is 17.3. The van der Waals surface area contributed by atoms with Crippen molar-refractivity contribution in [3.05, 3.63) is 68.6 Å². The lowest BCUT2D eigenvalue weighted by Crippen LogP contribution is -2.49. The lowest BCUT2D eigenvalue weighted by molar-refractivity contribution is -0.132. The van der Waals surface area contributed by atoms with E-state index in [0.29, 0.717) is 31.8 Å². The Morgan fingerprint density at radius 3 is 2.61 bits per heavy atom. The second-order valence-corrected chi connectivity index (χ2v) is 8.07. The van der Waals surface area contributed by atoms with Crippen LogP contribution in [-0.2, 0) is 17.9 Å². The average molecular weight is 444 g/mol. The molecule has 0 radical (unpaired) electrons. The van der Waals surface area contributed by atoms with Crippen LogP contribution in [0.3, 0.4) is 0 Å². The highest BCUT2D eigenvalue weighted by atomic mass is 79.9. The minimum atomic E-state index is -0.355. The van der Waals surface area contributed by atoms with E-state index in [9.17, 15) is 9.59 Å². The smallest absolute Gasteiger partial charge is 0.408 e. The molecular formula is C21H22BrN3O3. The first-order valence-electron chi connectivity index (χ1n) is 9.35. The van der Waals surface area contributed by atoms with Gasteiger partial charge in [0, 0.05) is 30.7 Å². The third-order valence-corrected chi connectivity index (χ3v) is 5.79. The topological polar surface area (TPSA) is 58.7 Å². The van der Waals surface area contributed by atoms with Gasteiger partial charge in [-0.25, -0.2) is 4.79 Å². The molecule has 28 heavy (non-hydrogen) atoms. The van der Waals surface area contributed by atoms with E-state index in [2.05, 4.69) is 20.8 Å². The summed E-state index contributed by atoms with van der Waals surface area (Å²) in [7, 11) is 0. The van der Waals surface area contributed by atoms with Crippen molar-refractivity contribution >= 4 is 32.9 Å². The second kappa shape index (κ2) is 7.93. The maximum atomic E-state index is 12.6. The maximum Gasteiger partial charge on any atom is 0.421 e. The highest BCUT2D eigenvalue weighted by molar-refractivity contribution is 9.10. The number of aromatic nitrogens is 1. The van der Waals surface area contributed by atoms with Gasteiger partial charge in [-0.1, -0.05) is 40.2 Å². The molecule has 3 aromatic rings. The highest BCUT2D eigenvalue weighted by Gasteiger charge is 2.23. The van der Waals surface area contributed by atoms with Gasteiger partial charge in [-0.3, -0.25) is 14.3 Å². The summed E-state index contributed by atoms with van der Waals surface area (Å²) in [5.74, 6) is -0.198. The summed E-state index contributed by atoms with van der Waals surface area (Å²) in [5.41, 5.74) is 3.59. The fourth-order valence-corrected chi connectivity index (χ4v) is 3.94. The lowest BCUT2D eigenvalue weighted by Gasteiger charge is -2.34. The Morgan fingerprint density at radius 1 is 1.11 bits per heavy atom. The first kappa shape index (κ1) is 19.0. The molecule has 1 aliphatic heterocycles. The van der Waals surface area contributed by atoms with E-state index in [1.807, 2.05) is 48.2 Å². The second-order valence-electron chi connectivity index (χ2n) is 7.15. The van der Waals surface area contributed by atoms with E-state index < -0.39 is 0 Å². The highest BCUT2D eigenvalue weighted by Crippen LogP contribution is 2.19. The molecule has 0 N–H and O–H groups in total. The fourth-order valence-electron chi connectivity index (χ4n) is 3.60. The number of oxazole rings is 1. The van der Waals surface area contributed by atoms with Crippen molar-refractivity contribution in [2.75, 3.05) is 26.2 Å². The number of rotatable bonds is 4. The molecule has 1 fully saturated rings. The number of nitrogens with zero attached hydrogens (tertiary/aromatic N) is 3. The molecule has 1 aromatic heterocycles. The van der Waals surface area contributed by atoms with Crippen LogP contribution in [0.1, 0.15) is 11.1 Å². The Balaban J connectivity index is 1.38. The van der Waals surface area contributed by atoms with E-state index in [1.54, 1.807) is 10.6 Å². The van der Waals surface area contributed by atoms with Gasteiger partial charge in [0.1, 0.15) is 0 Å². The minimum absolute atomic E-state index is 0.157. The third kappa shape index (κ3) is 3.91. The van der Waals surface area contributed by atoms with E-state index in [4.69, 9.17) is 4.42 Å². The van der Waals surface area contributed by atoms with Crippen molar-refractivity contribution in [1.82, 2.24) is 14.4 Å². The number of amides is 1. The number of benzene rings is 2. The minimum Gasteiger partial charge on any atom is -0.408 e. The standard InChI is InChI=1S/C21H22BrN3O3/c1-15-4-2-3-5-16(15)12-20(26)24-10-8-23(9-11-24)14-25-18-7-6-17(22)13-19(18)28-21(25)27/h2-7,13H,8-12,14H2,1H3. The Kier molecular flexibility index (Phi) is 5.37. The van der Waals surface area contributed by atoms with E-state index in [-0.39, 0.29) is 11.7 Å². The van der Waals surface area contributed by atoms with Gasteiger partial charge in [-0.2, -0.15) is 0 Å². The maximum absolute atomic E-state index is 12.6. The summed E-state index contributed by atoms with van der Waals surface area (Å²) in [6.07, 6.45) is 0.438. The van der Waals surface area contributed by atoms with E-state index >= 15 is 0 Å². The monoisotopic (exact) mass is 443 g/mol. The van der Waals surface area contributed by atoms with Gasteiger partial charge in [0.25, 0.3) is 0 Å². The van der Waals surface area contributed by atoms with Crippen LogP contribution in [-0.4, -0.2) is 46.5 Å². The van der Waals surface area contributed by atoms with Crippen molar-refractivity contribution < 1.29 is 9.21 Å². The molecule has 7 heteroatoms. The van der Waals surface area contributed by atoms with Crippen molar-refractivity contribution in [3.8, 4) is 0 Å². The van der Waals surface area contributed by atoms with Gasteiger partial charge < -0.3 is 9.32 Å². The number of carbonyl (C=O) groups excluding carboxylic acids is 1. The Hall–Kier alpha value is -2.38. The molecule has 0 unspecified atom stereocenters. The summed E-state index contributed by atoms with van der Waals surface area (Å²) in [5, 5.41) is 0. The van der Waals surface area contributed by atoms with Gasteiger partial charge in [-0.05, 0) is 36.2 Å². The number of aryl methyl sites for hydroxylation is 1. The van der Waals surface area contributed by atoms with Gasteiger partial charge in [-0.15, -0.1) is 0 Å². The molecule has 6 nitrogen and oxygen atoms in total. The predicted octanol–water partition coefficient (Wildman–Crippen LogP) is 3.01. The zero-order valence-electron chi connectivity index (χ0n) is 15.7. The molecule has 2 aromatic carbocycles. The quantitative estimate of drug-likeness (QED) is 0.621. The first-order chi connectivity index (χ1) is 13.5. The zero-order chi connectivity index (χ0) is 19.7. The van der Waals surface area contributed by atoms with Crippen LogP contribution in [0.25, 0.3) is 11.1 Å². The molecular weight excluding hydrogens is 422 g/mol. The summed E-state index contributed by atoms with van der Waals surface area (Å²) >= 11 is 3.39. The number of carbonyl (C=O) groups is 1. The average Bonchev–Trinajstić information content (AvgIpc) is 2.98.